The normalized spacial score (nSPS) is 11.6. The zero-order valence-corrected chi connectivity index (χ0v) is 8.91. The van der Waals surface area contributed by atoms with Crippen LogP contribution in [0.25, 0.3) is 0 Å². The molecule has 0 unspecified atom stereocenters. The number of hydrogen-bond acceptors (Lipinski definition) is 1. The van der Waals surface area contributed by atoms with Gasteiger partial charge in [-0.15, -0.1) is 24.8 Å². The second kappa shape index (κ2) is 5.39. The molecule has 0 saturated carbocycles. The number of alkyl halides is 4. The average molecular weight is 257 g/mol. The van der Waals surface area contributed by atoms with Gasteiger partial charge in [-0.25, -0.2) is 4.39 Å². The van der Waals surface area contributed by atoms with Crippen molar-refractivity contribution in [3.05, 3.63) is 29.6 Å². The van der Waals surface area contributed by atoms with E-state index in [1.807, 2.05) is 0 Å². The number of ether oxygens (including phenoxy) is 1. The Kier molecular flexibility index (Phi) is 4.41. The first-order valence-corrected chi connectivity index (χ1v) is 5.06. The summed E-state index contributed by atoms with van der Waals surface area (Å²) in [5.41, 5.74) is 0.590. The van der Waals surface area contributed by atoms with Gasteiger partial charge >= 0.3 is 6.36 Å². The molecular weight excluding hydrogens is 248 g/mol. The van der Waals surface area contributed by atoms with Crippen LogP contribution in [0.5, 0.6) is 5.75 Å². The zero-order chi connectivity index (χ0) is 12.2. The van der Waals surface area contributed by atoms with Gasteiger partial charge in [0.2, 0.25) is 0 Å². The molecule has 1 aromatic carbocycles. The predicted molar refractivity (Wildman–Crippen MR) is 52.1 cm³/mol. The molecule has 0 aliphatic rings. The van der Waals surface area contributed by atoms with Crippen LogP contribution in [0, 0.1) is 5.82 Å². The van der Waals surface area contributed by atoms with Crippen LogP contribution in [-0.4, -0.2) is 12.2 Å². The van der Waals surface area contributed by atoms with E-state index in [2.05, 4.69) is 4.74 Å². The van der Waals surface area contributed by atoms with Crippen molar-refractivity contribution in [1.29, 1.82) is 0 Å². The van der Waals surface area contributed by atoms with E-state index in [4.69, 9.17) is 11.6 Å². The first-order valence-electron chi connectivity index (χ1n) is 4.52. The topological polar surface area (TPSA) is 9.23 Å². The maximum Gasteiger partial charge on any atom is 0.573 e. The molecule has 1 nitrogen and oxygen atoms in total. The third kappa shape index (κ3) is 4.26. The molecular formula is C10H9ClF4O. The highest BCUT2D eigenvalue weighted by Crippen LogP contribution is 2.26. The van der Waals surface area contributed by atoms with Crippen molar-refractivity contribution in [3.8, 4) is 5.75 Å². The molecule has 0 aromatic heterocycles. The van der Waals surface area contributed by atoms with Crippen LogP contribution in [0.2, 0.25) is 0 Å². The Morgan fingerprint density at radius 3 is 2.44 bits per heavy atom. The van der Waals surface area contributed by atoms with Crippen molar-refractivity contribution in [2.45, 2.75) is 19.2 Å². The Labute approximate surface area is 95.0 Å². The summed E-state index contributed by atoms with van der Waals surface area (Å²) < 4.78 is 52.1. The van der Waals surface area contributed by atoms with E-state index in [0.717, 1.165) is 12.1 Å². The van der Waals surface area contributed by atoms with Crippen LogP contribution in [0.1, 0.15) is 12.0 Å². The van der Waals surface area contributed by atoms with Gasteiger partial charge in [-0.05, 0) is 30.5 Å². The summed E-state index contributed by atoms with van der Waals surface area (Å²) in [4.78, 5) is 0. The highest BCUT2D eigenvalue weighted by atomic mass is 35.5. The first kappa shape index (κ1) is 13.1. The zero-order valence-electron chi connectivity index (χ0n) is 8.15. The Balaban J connectivity index is 2.75. The second-order valence-electron chi connectivity index (χ2n) is 3.11. The molecule has 0 saturated heterocycles. The fourth-order valence-corrected chi connectivity index (χ4v) is 1.31. The van der Waals surface area contributed by atoms with Crippen LogP contribution < -0.4 is 4.74 Å². The summed E-state index contributed by atoms with van der Waals surface area (Å²) in [7, 11) is 0. The molecule has 0 fully saturated rings. The van der Waals surface area contributed by atoms with Gasteiger partial charge in [0.25, 0.3) is 0 Å². The molecule has 0 aliphatic carbocycles. The summed E-state index contributed by atoms with van der Waals surface area (Å²) in [6, 6.07) is 3.37. The van der Waals surface area contributed by atoms with Crippen LogP contribution in [0.4, 0.5) is 17.6 Å². The van der Waals surface area contributed by atoms with Crippen molar-refractivity contribution in [2.24, 2.45) is 0 Å². The van der Waals surface area contributed by atoms with E-state index in [-0.39, 0.29) is 0 Å². The Hall–Kier alpha value is -0.970. The predicted octanol–water partition coefficient (Wildman–Crippen LogP) is 3.90. The van der Waals surface area contributed by atoms with E-state index < -0.39 is 17.9 Å². The monoisotopic (exact) mass is 256 g/mol. The molecule has 90 valence electrons. The maximum atomic E-state index is 13.1. The van der Waals surface area contributed by atoms with Gasteiger partial charge in [-0.2, -0.15) is 0 Å². The molecule has 0 atom stereocenters. The van der Waals surface area contributed by atoms with Gasteiger partial charge < -0.3 is 4.74 Å². The molecule has 0 bridgehead atoms. The molecule has 1 aromatic rings. The fourth-order valence-electron chi connectivity index (χ4n) is 1.18. The van der Waals surface area contributed by atoms with Gasteiger partial charge in [0.1, 0.15) is 0 Å². The summed E-state index contributed by atoms with van der Waals surface area (Å²) >= 11 is 5.44. The van der Waals surface area contributed by atoms with E-state index in [0.29, 0.717) is 24.3 Å². The van der Waals surface area contributed by atoms with Crippen molar-refractivity contribution >= 4 is 11.6 Å². The van der Waals surface area contributed by atoms with Crippen LogP contribution >= 0.6 is 11.6 Å². The first-order chi connectivity index (χ1) is 7.42. The van der Waals surface area contributed by atoms with Crippen molar-refractivity contribution in [3.63, 3.8) is 0 Å². The minimum Gasteiger partial charge on any atom is -0.403 e. The fraction of sp³-hybridized carbons (Fsp3) is 0.400. The lowest BCUT2D eigenvalue weighted by molar-refractivity contribution is -0.275. The number of halogens is 5. The van der Waals surface area contributed by atoms with Gasteiger partial charge in [0, 0.05) is 5.88 Å². The van der Waals surface area contributed by atoms with Crippen LogP contribution in [0.15, 0.2) is 18.2 Å². The summed E-state index contributed by atoms with van der Waals surface area (Å²) in [5, 5.41) is 0. The minimum absolute atomic E-state index is 0.419. The van der Waals surface area contributed by atoms with Crippen molar-refractivity contribution < 1.29 is 22.3 Å². The van der Waals surface area contributed by atoms with Gasteiger partial charge in [-0.3, -0.25) is 0 Å². The van der Waals surface area contributed by atoms with E-state index in [1.165, 1.54) is 6.07 Å². The van der Waals surface area contributed by atoms with Crippen molar-refractivity contribution in [1.82, 2.24) is 0 Å². The van der Waals surface area contributed by atoms with Gasteiger partial charge in [0.05, 0.1) is 0 Å². The van der Waals surface area contributed by atoms with Crippen molar-refractivity contribution in [2.75, 3.05) is 5.88 Å². The lowest BCUT2D eigenvalue weighted by Crippen LogP contribution is -2.18. The number of aryl methyl sites for hydroxylation is 1. The molecule has 0 amide bonds. The molecule has 0 spiro atoms. The van der Waals surface area contributed by atoms with Crippen LogP contribution in [0.3, 0.4) is 0 Å². The molecule has 16 heavy (non-hydrogen) atoms. The third-order valence-electron chi connectivity index (χ3n) is 1.82. The van der Waals surface area contributed by atoms with Gasteiger partial charge in [-0.1, -0.05) is 6.07 Å². The standard InChI is InChI=1S/C10H9ClF4O/c11-5-1-2-7-3-4-9(8(12)6-7)16-10(13,14)15/h3-4,6H,1-2,5H2. The SMILES string of the molecule is Fc1cc(CCCCl)ccc1OC(F)(F)F. The lowest BCUT2D eigenvalue weighted by Gasteiger charge is -2.10. The molecule has 0 radical (unpaired) electrons. The second-order valence-corrected chi connectivity index (χ2v) is 3.48. The van der Waals surface area contributed by atoms with E-state index in [9.17, 15) is 17.6 Å². The Morgan fingerprint density at radius 2 is 1.94 bits per heavy atom. The molecule has 1 rings (SSSR count). The van der Waals surface area contributed by atoms with E-state index in [1.54, 1.807) is 0 Å². The largest absolute Gasteiger partial charge is 0.573 e. The number of rotatable bonds is 4. The highest BCUT2D eigenvalue weighted by molar-refractivity contribution is 6.17. The van der Waals surface area contributed by atoms with Gasteiger partial charge in [0.15, 0.2) is 11.6 Å². The van der Waals surface area contributed by atoms with E-state index >= 15 is 0 Å². The lowest BCUT2D eigenvalue weighted by atomic mass is 10.1. The number of benzene rings is 1. The summed E-state index contributed by atoms with van der Waals surface area (Å²) in [5.74, 6) is -1.42. The maximum absolute atomic E-state index is 13.1. The summed E-state index contributed by atoms with van der Waals surface area (Å²) in [6.45, 7) is 0. The number of hydrogen-bond donors (Lipinski definition) is 0. The molecule has 0 N–H and O–H groups in total. The third-order valence-corrected chi connectivity index (χ3v) is 2.09. The van der Waals surface area contributed by atoms with Crippen LogP contribution in [-0.2, 0) is 6.42 Å². The highest BCUT2D eigenvalue weighted by Gasteiger charge is 2.32. The minimum atomic E-state index is -4.88. The Morgan fingerprint density at radius 1 is 1.25 bits per heavy atom. The molecule has 0 heterocycles. The quantitative estimate of drug-likeness (QED) is 0.586. The summed E-state index contributed by atoms with van der Waals surface area (Å²) in [6.07, 6.45) is -3.72. The average Bonchev–Trinajstić information content (AvgIpc) is 2.17. The molecule has 0 aliphatic heterocycles. The molecule has 6 heteroatoms. The smallest absolute Gasteiger partial charge is 0.403 e. The Bertz CT molecular complexity index is 351.